The van der Waals surface area contributed by atoms with Crippen molar-refractivity contribution < 1.29 is 9.53 Å². The number of carbonyl (C=O) groups is 1. The molecule has 1 aromatic carbocycles. The van der Waals surface area contributed by atoms with Gasteiger partial charge in [-0.15, -0.1) is 10.2 Å². The van der Waals surface area contributed by atoms with Gasteiger partial charge in [0.2, 0.25) is 5.88 Å². The summed E-state index contributed by atoms with van der Waals surface area (Å²) in [6.07, 6.45) is 0. The highest BCUT2D eigenvalue weighted by atomic mass is 16.5. The van der Waals surface area contributed by atoms with E-state index in [4.69, 9.17) is 10.5 Å². The lowest BCUT2D eigenvalue weighted by Crippen LogP contribution is -2.23. The number of nitrogens with two attached hydrogens (primary N) is 1. The molecule has 0 atom stereocenters. The number of ether oxygens (including phenoxy) is 1. The Morgan fingerprint density at radius 3 is 2.75 bits per heavy atom. The monoisotopic (exact) mass is 272 g/mol. The Morgan fingerprint density at radius 2 is 2.10 bits per heavy atom. The van der Waals surface area contributed by atoms with Crippen molar-refractivity contribution >= 4 is 11.6 Å². The Bertz CT molecular complexity index is 611. The molecule has 104 valence electrons. The number of hydrogen-bond donors (Lipinski definition) is 2. The van der Waals surface area contributed by atoms with Crippen LogP contribution in [0.4, 0.5) is 5.69 Å². The molecule has 3 N–H and O–H groups in total. The Hall–Kier alpha value is -2.63. The van der Waals surface area contributed by atoms with Crippen LogP contribution in [-0.4, -0.2) is 22.6 Å². The van der Waals surface area contributed by atoms with Gasteiger partial charge in [-0.05, 0) is 31.5 Å². The maximum absolute atomic E-state index is 11.5. The molecule has 2 rings (SSSR count). The number of nitrogens with one attached hydrogen (secondary N) is 1. The quantitative estimate of drug-likeness (QED) is 0.830. The fraction of sp³-hybridized carbons (Fsp3) is 0.214. The first-order valence-electron chi connectivity index (χ1n) is 6.26. The molecule has 0 spiro atoms. The van der Waals surface area contributed by atoms with Gasteiger partial charge in [-0.2, -0.15) is 0 Å². The minimum atomic E-state index is -0.262. The smallest absolute Gasteiger partial charge is 0.271 e. The van der Waals surface area contributed by atoms with Crippen LogP contribution in [-0.2, 0) is 0 Å². The zero-order valence-corrected chi connectivity index (χ0v) is 11.4. The molecule has 1 heterocycles. The highest BCUT2D eigenvalue weighted by molar-refractivity contribution is 5.91. The molecule has 1 aromatic heterocycles. The predicted octanol–water partition coefficient (Wildman–Crippen LogP) is 1.91. The van der Waals surface area contributed by atoms with Crippen molar-refractivity contribution in [3.63, 3.8) is 0 Å². The van der Waals surface area contributed by atoms with Crippen molar-refractivity contribution in [1.29, 1.82) is 0 Å². The van der Waals surface area contributed by atoms with Crippen LogP contribution < -0.4 is 15.8 Å². The van der Waals surface area contributed by atoms with Gasteiger partial charge in [0.05, 0.1) is 5.69 Å². The Morgan fingerprint density at radius 1 is 1.30 bits per heavy atom. The van der Waals surface area contributed by atoms with E-state index in [2.05, 4.69) is 15.5 Å². The van der Waals surface area contributed by atoms with Crippen molar-refractivity contribution in [3.8, 4) is 11.6 Å². The molecule has 0 radical (unpaired) electrons. The second-order valence-electron chi connectivity index (χ2n) is 4.21. The minimum Gasteiger partial charge on any atom is -0.435 e. The summed E-state index contributed by atoms with van der Waals surface area (Å²) in [6.45, 7) is 4.27. The number of nitrogen functional groups attached to an aromatic ring is 1. The third-order valence-electron chi connectivity index (χ3n) is 2.71. The molecule has 0 aliphatic rings. The summed E-state index contributed by atoms with van der Waals surface area (Å²) in [5.74, 6) is 0.544. The number of anilines is 1. The first-order valence-corrected chi connectivity index (χ1v) is 6.26. The van der Waals surface area contributed by atoms with Gasteiger partial charge < -0.3 is 15.8 Å². The normalized spacial score (nSPS) is 10.1. The number of aryl methyl sites for hydroxylation is 1. The molecule has 6 heteroatoms. The molecule has 2 aromatic rings. The topological polar surface area (TPSA) is 90.1 Å². The van der Waals surface area contributed by atoms with Gasteiger partial charge in [0, 0.05) is 12.6 Å². The number of rotatable bonds is 4. The van der Waals surface area contributed by atoms with E-state index in [1.807, 2.05) is 26.0 Å². The second kappa shape index (κ2) is 6.01. The van der Waals surface area contributed by atoms with Gasteiger partial charge in [0.1, 0.15) is 0 Å². The largest absolute Gasteiger partial charge is 0.435 e. The predicted molar refractivity (Wildman–Crippen MR) is 75.7 cm³/mol. The van der Waals surface area contributed by atoms with E-state index < -0.39 is 0 Å². The fourth-order valence-corrected chi connectivity index (χ4v) is 1.60. The highest BCUT2D eigenvalue weighted by Gasteiger charge is 2.09. The van der Waals surface area contributed by atoms with Crippen molar-refractivity contribution in [2.24, 2.45) is 0 Å². The maximum Gasteiger partial charge on any atom is 0.271 e. The van der Waals surface area contributed by atoms with E-state index in [1.165, 1.54) is 0 Å². The first-order chi connectivity index (χ1) is 9.61. The Balaban J connectivity index is 2.15. The van der Waals surface area contributed by atoms with Gasteiger partial charge in [0.15, 0.2) is 11.4 Å². The molecule has 0 aliphatic heterocycles. The number of carbonyl (C=O) groups excluding carboxylic acids is 1. The Labute approximate surface area is 117 Å². The second-order valence-corrected chi connectivity index (χ2v) is 4.21. The average molecular weight is 272 g/mol. The zero-order valence-electron chi connectivity index (χ0n) is 11.4. The number of nitrogens with zero attached hydrogens (tertiary/aromatic N) is 2. The van der Waals surface area contributed by atoms with Crippen LogP contribution in [0.5, 0.6) is 11.6 Å². The van der Waals surface area contributed by atoms with Gasteiger partial charge in [-0.25, -0.2) is 0 Å². The number of amides is 1. The van der Waals surface area contributed by atoms with Crippen LogP contribution in [0.3, 0.4) is 0 Å². The van der Waals surface area contributed by atoms with Gasteiger partial charge >= 0.3 is 0 Å². The molecular formula is C14H16N4O2. The molecule has 0 fully saturated rings. The van der Waals surface area contributed by atoms with Crippen LogP contribution in [0, 0.1) is 6.92 Å². The lowest BCUT2D eigenvalue weighted by atomic mass is 10.2. The maximum atomic E-state index is 11.5. The zero-order chi connectivity index (χ0) is 14.5. The fourth-order valence-electron chi connectivity index (χ4n) is 1.60. The molecule has 1 amide bonds. The first kappa shape index (κ1) is 13.8. The average Bonchev–Trinajstić information content (AvgIpc) is 2.45. The number of aromatic nitrogens is 2. The number of benzene rings is 1. The van der Waals surface area contributed by atoms with Gasteiger partial charge in [0.25, 0.3) is 5.91 Å². The highest BCUT2D eigenvalue weighted by Crippen LogP contribution is 2.28. The summed E-state index contributed by atoms with van der Waals surface area (Å²) in [7, 11) is 0. The van der Waals surface area contributed by atoms with Crippen LogP contribution in [0.25, 0.3) is 0 Å². The summed E-state index contributed by atoms with van der Waals surface area (Å²) < 4.78 is 5.55. The summed E-state index contributed by atoms with van der Waals surface area (Å²) >= 11 is 0. The third-order valence-corrected chi connectivity index (χ3v) is 2.71. The number of para-hydroxylation sites is 1. The third kappa shape index (κ3) is 3.03. The van der Waals surface area contributed by atoms with Crippen molar-refractivity contribution in [2.45, 2.75) is 13.8 Å². The summed E-state index contributed by atoms with van der Waals surface area (Å²) in [4.78, 5) is 11.5. The summed E-state index contributed by atoms with van der Waals surface area (Å²) in [5.41, 5.74) is 7.64. The van der Waals surface area contributed by atoms with Crippen LogP contribution >= 0.6 is 0 Å². The van der Waals surface area contributed by atoms with Crippen LogP contribution in [0.15, 0.2) is 30.3 Å². The SMILES string of the molecule is CCNC(=O)c1ccc(Oc2cccc(C)c2N)nn1. The van der Waals surface area contributed by atoms with E-state index in [0.717, 1.165) is 5.56 Å². The van der Waals surface area contributed by atoms with E-state index in [-0.39, 0.29) is 17.5 Å². The van der Waals surface area contributed by atoms with Crippen LogP contribution in [0.2, 0.25) is 0 Å². The molecule has 0 bridgehead atoms. The van der Waals surface area contributed by atoms with Crippen LogP contribution in [0.1, 0.15) is 23.0 Å². The lowest BCUT2D eigenvalue weighted by Gasteiger charge is -2.09. The summed E-state index contributed by atoms with van der Waals surface area (Å²) in [5, 5.41) is 10.3. The summed E-state index contributed by atoms with van der Waals surface area (Å²) in [6, 6.07) is 8.63. The molecule has 0 saturated heterocycles. The molecule has 0 saturated carbocycles. The van der Waals surface area contributed by atoms with Crippen molar-refractivity contribution in [1.82, 2.24) is 15.5 Å². The van der Waals surface area contributed by atoms with Gasteiger partial charge in [-0.1, -0.05) is 12.1 Å². The van der Waals surface area contributed by atoms with E-state index >= 15 is 0 Å². The lowest BCUT2D eigenvalue weighted by molar-refractivity contribution is 0.0949. The van der Waals surface area contributed by atoms with E-state index in [1.54, 1.807) is 18.2 Å². The van der Waals surface area contributed by atoms with E-state index in [0.29, 0.717) is 18.0 Å². The standard InChI is InChI=1S/C14H16N4O2/c1-3-16-14(19)10-7-8-12(18-17-10)20-11-6-4-5-9(2)13(11)15/h4-8H,3,15H2,1-2H3,(H,16,19). The molecule has 6 nitrogen and oxygen atoms in total. The molecule has 20 heavy (non-hydrogen) atoms. The Kier molecular flexibility index (Phi) is 4.14. The van der Waals surface area contributed by atoms with Gasteiger partial charge in [-0.3, -0.25) is 4.79 Å². The van der Waals surface area contributed by atoms with Crippen molar-refractivity contribution in [3.05, 3.63) is 41.6 Å². The van der Waals surface area contributed by atoms with E-state index in [9.17, 15) is 4.79 Å². The van der Waals surface area contributed by atoms with Crippen molar-refractivity contribution in [2.75, 3.05) is 12.3 Å². The molecular weight excluding hydrogens is 256 g/mol. The molecule has 0 aliphatic carbocycles. The number of hydrogen-bond acceptors (Lipinski definition) is 5. The minimum absolute atomic E-state index is 0.247. The molecule has 0 unspecified atom stereocenters.